The minimum absolute atomic E-state index is 0.0950. The Labute approximate surface area is 187 Å². The minimum Gasteiger partial charge on any atom is -0.313 e. The molecule has 1 aliphatic carbocycles. The maximum absolute atomic E-state index is 13.2. The SMILES string of the molecule is CC1CNCC=C1c1cc(S(=O)(=O)NC2(C)CC2)cn2c(-c3nnc(C(F)F)s3)ncc12. The highest BCUT2D eigenvalue weighted by molar-refractivity contribution is 7.89. The highest BCUT2D eigenvalue weighted by atomic mass is 32.2. The summed E-state index contributed by atoms with van der Waals surface area (Å²) in [6.07, 6.45) is 3.98. The first kappa shape index (κ1) is 21.6. The van der Waals surface area contributed by atoms with Gasteiger partial charge in [-0.2, -0.15) is 0 Å². The summed E-state index contributed by atoms with van der Waals surface area (Å²) in [6, 6.07) is 1.67. The van der Waals surface area contributed by atoms with E-state index in [0.717, 1.165) is 41.9 Å². The van der Waals surface area contributed by atoms with Gasteiger partial charge in [-0.3, -0.25) is 4.40 Å². The first-order valence-electron chi connectivity index (χ1n) is 10.2. The van der Waals surface area contributed by atoms with Gasteiger partial charge in [-0.05, 0) is 37.3 Å². The summed E-state index contributed by atoms with van der Waals surface area (Å²) < 4.78 is 56.9. The molecule has 2 N–H and O–H groups in total. The van der Waals surface area contributed by atoms with Crippen molar-refractivity contribution in [2.75, 3.05) is 13.1 Å². The van der Waals surface area contributed by atoms with Crippen molar-refractivity contribution in [3.05, 3.63) is 35.1 Å². The third kappa shape index (κ3) is 3.85. The molecule has 4 heterocycles. The van der Waals surface area contributed by atoms with E-state index in [2.05, 4.69) is 32.1 Å². The second-order valence-electron chi connectivity index (χ2n) is 8.56. The number of halogens is 2. The van der Waals surface area contributed by atoms with E-state index in [4.69, 9.17) is 0 Å². The maximum atomic E-state index is 13.2. The van der Waals surface area contributed by atoms with Crippen LogP contribution in [0.5, 0.6) is 0 Å². The number of alkyl halides is 2. The smallest absolute Gasteiger partial charge is 0.291 e. The van der Waals surface area contributed by atoms with Crippen molar-refractivity contribution in [1.82, 2.24) is 29.6 Å². The molecule has 32 heavy (non-hydrogen) atoms. The quantitative estimate of drug-likeness (QED) is 0.562. The standard InChI is InChI=1S/C20H22F2N6O2S2/c1-11-8-23-6-3-13(11)14-7-12(32(29,30)27-20(2)4-5-20)10-28-15(14)9-24-17(28)19-26-25-18(31-19)16(21)22/h3,7,9-11,16,23,27H,4-6,8H2,1-2H3. The zero-order valence-electron chi connectivity index (χ0n) is 17.5. The van der Waals surface area contributed by atoms with Crippen LogP contribution in [0.2, 0.25) is 0 Å². The van der Waals surface area contributed by atoms with Crippen LogP contribution in [0.15, 0.2) is 29.4 Å². The Bertz CT molecular complexity index is 1330. The van der Waals surface area contributed by atoms with Crippen molar-refractivity contribution >= 4 is 32.4 Å². The number of hydrogen-bond donors (Lipinski definition) is 2. The summed E-state index contributed by atoms with van der Waals surface area (Å²) in [6.45, 7) is 5.38. The molecule has 1 saturated carbocycles. The molecular weight excluding hydrogens is 458 g/mol. The van der Waals surface area contributed by atoms with Crippen molar-refractivity contribution in [1.29, 1.82) is 0 Å². The second kappa shape index (κ2) is 7.65. The number of pyridine rings is 1. The summed E-state index contributed by atoms with van der Waals surface area (Å²) in [5, 5.41) is 10.5. The van der Waals surface area contributed by atoms with E-state index < -0.39 is 27.0 Å². The Morgan fingerprint density at radius 2 is 2.12 bits per heavy atom. The van der Waals surface area contributed by atoms with Crippen molar-refractivity contribution in [2.45, 2.75) is 43.5 Å². The molecule has 1 aliphatic heterocycles. The van der Waals surface area contributed by atoms with Crippen molar-refractivity contribution in [3.63, 3.8) is 0 Å². The van der Waals surface area contributed by atoms with E-state index in [1.165, 1.54) is 6.20 Å². The summed E-state index contributed by atoms with van der Waals surface area (Å²) in [5.74, 6) is 0.437. The number of rotatable bonds is 6. The molecule has 170 valence electrons. The Morgan fingerprint density at radius 3 is 2.78 bits per heavy atom. The van der Waals surface area contributed by atoms with Crippen LogP contribution in [-0.4, -0.2) is 46.6 Å². The fraction of sp³-hybridized carbons (Fsp3) is 0.450. The van der Waals surface area contributed by atoms with Gasteiger partial charge < -0.3 is 5.32 Å². The third-order valence-electron chi connectivity index (χ3n) is 5.88. The third-order valence-corrected chi connectivity index (χ3v) is 8.42. The Kier molecular flexibility index (Phi) is 5.15. The minimum atomic E-state index is -3.80. The van der Waals surface area contributed by atoms with Gasteiger partial charge in [-0.15, -0.1) is 10.2 Å². The van der Waals surface area contributed by atoms with Gasteiger partial charge in [0.2, 0.25) is 10.0 Å². The van der Waals surface area contributed by atoms with Gasteiger partial charge in [0.1, 0.15) is 0 Å². The summed E-state index contributed by atoms with van der Waals surface area (Å²) >= 11 is 0.744. The number of fused-ring (bicyclic) bond motifs is 1. The van der Waals surface area contributed by atoms with Gasteiger partial charge in [0, 0.05) is 30.4 Å². The molecule has 12 heteroatoms. The largest absolute Gasteiger partial charge is 0.313 e. The molecule has 1 atom stereocenters. The number of nitrogens with one attached hydrogen (secondary N) is 2. The van der Waals surface area contributed by atoms with E-state index >= 15 is 0 Å². The van der Waals surface area contributed by atoms with E-state index in [1.807, 2.05) is 13.0 Å². The molecule has 0 saturated heterocycles. The number of hydrogen-bond acceptors (Lipinski definition) is 7. The van der Waals surface area contributed by atoms with Gasteiger partial charge in [-0.1, -0.05) is 24.3 Å². The summed E-state index contributed by atoms with van der Waals surface area (Å²) in [5.41, 5.74) is 2.02. The molecule has 0 amide bonds. The van der Waals surface area contributed by atoms with Gasteiger partial charge in [0.05, 0.1) is 16.6 Å². The second-order valence-corrected chi connectivity index (χ2v) is 11.2. The number of nitrogens with zero attached hydrogens (tertiary/aromatic N) is 4. The monoisotopic (exact) mass is 480 g/mol. The predicted octanol–water partition coefficient (Wildman–Crippen LogP) is 3.24. The Morgan fingerprint density at radius 1 is 1.34 bits per heavy atom. The molecule has 5 rings (SSSR count). The van der Waals surface area contributed by atoms with Gasteiger partial charge >= 0.3 is 0 Å². The number of imidazole rings is 1. The molecule has 1 fully saturated rings. The van der Waals surface area contributed by atoms with Crippen LogP contribution in [0.4, 0.5) is 8.78 Å². The average Bonchev–Trinajstić information content (AvgIpc) is 3.14. The number of aromatic nitrogens is 4. The zero-order chi connectivity index (χ0) is 22.7. The van der Waals surface area contributed by atoms with Crippen LogP contribution >= 0.6 is 11.3 Å². The molecular formula is C20H22F2N6O2S2. The van der Waals surface area contributed by atoms with E-state index in [-0.39, 0.29) is 21.6 Å². The van der Waals surface area contributed by atoms with Gasteiger partial charge in [-0.25, -0.2) is 26.9 Å². The Hall–Kier alpha value is -2.28. The molecule has 0 bridgehead atoms. The van der Waals surface area contributed by atoms with Crippen LogP contribution < -0.4 is 10.0 Å². The van der Waals surface area contributed by atoms with Crippen molar-refractivity contribution < 1.29 is 17.2 Å². The lowest BCUT2D eigenvalue weighted by Crippen LogP contribution is -2.34. The normalized spacial score (nSPS) is 20.7. The van der Waals surface area contributed by atoms with E-state index in [0.29, 0.717) is 12.1 Å². The predicted molar refractivity (Wildman–Crippen MR) is 117 cm³/mol. The molecule has 0 radical (unpaired) electrons. The average molecular weight is 481 g/mol. The highest BCUT2D eigenvalue weighted by Gasteiger charge is 2.41. The topological polar surface area (TPSA) is 101 Å². The fourth-order valence-corrected chi connectivity index (χ4v) is 6.04. The van der Waals surface area contributed by atoms with Crippen LogP contribution in [0.25, 0.3) is 21.9 Å². The summed E-state index contributed by atoms with van der Waals surface area (Å²) in [7, 11) is -3.80. The maximum Gasteiger partial charge on any atom is 0.291 e. The molecule has 3 aromatic heterocycles. The van der Waals surface area contributed by atoms with Crippen LogP contribution in [0.3, 0.4) is 0 Å². The first-order valence-corrected chi connectivity index (χ1v) is 12.5. The zero-order valence-corrected chi connectivity index (χ0v) is 19.1. The molecule has 3 aromatic rings. The lowest BCUT2D eigenvalue weighted by atomic mass is 9.91. The van der Waals surface area contributed by atoms with Crippen molar-refractivity contribution in [3.8, 4) is 10.8 Å². The van der Waals surface area contributed by atoms with E-state index in [9.17, 15) is 17.2 Å². The van der Waals surface area contributed by atoms with Crippen molar-refractivity contribution in [2.24, 2.45) is 5.92 Å². The van der Waals surface area contributed by atoms with Crippen LogP contribution in [0.1, 0.15) is 43.7 Å². The summed E-state index contributed by atoms with van der Waals surface area (Å²) in [4.78, 5) is 4.49. The number of sulfonamides is 1. The molecule has 2 aliphatic rings. The molecule has 8 nitrogen and oxygen atoms in total. The molecule has 0 spiro atoms. The van der Waals surface area contributed by atoms with Crippen LogP contribution in [-0.2, 0) is 10.0 Å². The van der Waals surface area contributed by atoms with Crippen LogP contribution in [0, 0.1) is 5.92 Å². The first-order chi connectivity index (χ1) is 15.2. The fourth-order valence-electron chi connectivity index (χ4n) is 3.86. The van der Waals surface area contributed by atoms with Gasteiger partial charge in [0.15, 0.2) is 15.8 Å². The Balaban J connectivity index is 1.71. The van der Waals surface area contributed by atoms with Gasteiger partial charge in [0.25, 0.3) is 6.43 Å². The van der Waals surface area contributed by atoms with E-state index in [1.54, 1.807) is 16.7 Å². The highest BCUT2D eigenvalue weighted by Crippen LogP contribution is 2.38. The molecule has 0 aromatic carbocycles. The molecule has 1 unspecified atom stereocenters. The lowest BCUT2D eigenvalue weighted by Gasteiger charge is -2.23. The lowest BCUT2D eigenvalue weighted by molar-refractivity contribution is 0.150.